The number of esters is 1. The number of hydrogen-bond acceptors (Lipinski definition) is 6. The molecule has 1 aromatic rings. The lowest BCUT2D eigenvalue weighted by atomic mass is 9.58. The Balaban J connectivity index is 1.46. The van der Waals surface area contributed by atoms with Crippen molar-refractivity contribution in [3.8, 4) is 0 Å². The number of ether oxygens (including phenoxy) is 3. The maximum Gasteiger partial charge on any atom is 0.343 e. The van der Waals surface area contributed by atoms with E-state index in [1.54, 1.807) is 6.07 Å². The third kappa shape index (κ3) is 2.86. The number of rotatable bonds is 2. The lowest BCUT2D eigenvalue weighted by Crippen LogP contribution is -2.70. The molecule has 0 N–H and O–H groups in total. The molecule has 0 radical (unpaired) electrons. The van der Waals surface area contributed by atoms with Crippen LogP contribution in [-0.4, -0.2) is 29.9 Å². The van der Waals surface area contributed by atoms with Crippen LogP contribution in [0, 0.1) is 29.5 Å². The summed E-state index contributed by atoms with van der Waals surface area (Å²) in [4.78, 5) is 24.5. The number of benzene rings is 1. The molecule has 1 saturated carbocycles. The van der Waals surface area contributed by atoms with Gasteiger partial charge < -0.3 is 14.2 Å². The molecule has 29 heavy (non-hydrogen) atoms. The zero-order chi connectivity index (χ0) is 20.4. The van der Waals surface area contributed by atoms with Crippen LogP contribution in [0.1, 0.15) is 56.8 Å². The zero-order valence-electron chi connectivity index (χ0n) is 16.9. The largest absolute Gasteiger partial charge is 0.432 e. The number of hydrogen-bond donors (Lipinski definition) is 0. The SMILES string of the molecule is C[C@H]1[C@H](OC(=O)c2ccccc2F)O[C@@H]2O[C@@]3(C)CC[C@@H]4[C@H](C)CC[C@H]1[C@@]24OO3. The van der Waals surface area contributed by atoms with Gasteiger partial charge >= 0.3 is 5.97 Å². The van der Waals surface area contributed by atoms with E-state index in [0.717, 1.165) is 19.3 Å². The molecule has 8 atom stereocenters. The molecule has 0 amide bonds. The van der Waals surface area contributed by atoms with Crippen molar-refractivity contribution in [1.29, 1.82) is 0 Å². The number of fused-ring (bicyclic) bond motifs is 2. The molecule has 4 saturated heterocycles. The highest BCUT2D eigenvalue weighted by Gasteiger charge is 2.69. The lowest BCUT2D eigenvalue weighted by Gasteiger charge is -2.59. The van der Waals surface area contributed by atoms with Crippen LogP contribution < -0.4 is 0 Å². The summed E-state index contributed by atoms with van der Waals surface area (Å²) in [5.41, 5.74) is -0.817. The van der Waals surface area contributed by atoms with Crippen LogP contribution in [0.2, 0.25) is 0 Å². The molecule has 7 heteroatoms. The summed E-state index contributed by atoms with van der Waals surface area (Å²) in [5.74, 6) is -1.65. The van der Waals surface area contributed by atoms with Gasteiger partial charge in [-0.1, -0.05) is 26.0 Å². The van der Waals surface area contributed by atoms with Crippen LogP contribution in [-0.2, 0) is 24.0 Å². The fraction of sp³-hybridized carbons (Fsp3) is 0.682. The predicted octanol–water partition coefficient (Wildman–Crippen LogP) is 4.19. The monoisotopic (exact) mass is 406 g/mol. The minimum absolute atomic E-state index is 0.0449. The van der Waals surface area contributed by atoms with Crippen molar-refractivity contribution in [3.63, 3.8) is 0 Å². The van der Waals surface area contributed by atoms with E-state index in [1.807, 2.05) is 13.8 Å². The standard InChI is InChI=1S/C22H27FO6/c1-12-8-9-16-13(2)19(25-18(24)14-6-4-5-7-17(14)23)26-20-22(16)15(12)10-11-21(3,27-20)28-29-22/h4-7,12-13,15-16,19-20H,8-11H2,1-3H3/t12-,13-,15-,16-,19-,20-,21-,22-/m1/s1. The van der Waals surface area contributed by atoms with Gasteiger partial charge in [0.25, 0.3) is 0 Å². The van der Waals surface area contributed by atoms with Crippen molar-refractivity contribution in [2.24, 2.45) is 23.7 Å². The van der Waals surface area contributed by atoms with E-state index in [9.17, 15) is 9.18 Å². The van der Waals surface area contributed by atoms with Crippen LogP contribution in [0.5, 0.6) is 0 Å². The number of halogens is 1. The summed E-state index contributed by atoms with van der Waals surface area (Å²) >= 11 is 0. The molecular weight excluding hydrogens is 379 g/mol. The average molecular weight is 406 g/mol. The van der Waals surface area contributed by atoms with E-state index < -0.39 is 35.8 Å². The normalized spacial score (nSPS) is 45.9. The van der Waals surface area contributed by atoms with E-state index in [1.165, 1.54) is 18.2 Å². The first-order valence-electron chi connectivity index (χ1n) is 10.5. The van der Waals surface area contributed by atoms with Crippen molar-refractivity contribution in [1.82, 2.24) is 0 Å². The van der Waals surface area contributed by atoms with Crippen LogP contribution in [0.4, 0.5) is 4.39 Å². The Bertz CT molecular complexity index is 816. The summed E-state index contributed by atoms with van der Waals surface area (Å²) in [6.07, 6.45) is 2.06. The van der Waals surface area contributed by atoms with Gasteiger partial charge in [0, 0.05) is 18.3 Å². The first-order chi connectivity index (χ1) is 13.8. The Labute approximate surface area is 169 Å². The van der Waals surface area contributed by atoms with E-state index in [2.05, 4.69) is 6.92 Å². The molecule has 5 aliphatic rings. The first-order valence-corrected chi connectivity index (χ1v) is 10.5. The first kappa shape index (κ1) is 19.4. The fourth-order valence-electron chi connectivity index (χ4n) is 5.80. The molecule has 6 rings (SSSR count). The maximum atomic E-state index is 14.0. The van der Waals surface area contributed by atoms with Crippen LogP contribution in [0.15, 0.2) is 24.3 Å². The molecule has 1 spiro atoms. The molecule has 1 aromatic carbocycles. The van der Waals surface area contributed by atoms with Crippen molar-refractivity contribution in [2.75, 3.05) is 0 Å². The predicted molar refractivity (Wildman–Crippen MR) is 98.6 cm³/mol. The molecule has 1 aliphatic carbocycles. The second-order valence-corrected chi connectivity index (χ2v) is 9.16. The summed E-state index contributed by atoms with van der Waals surface area (Å²) in [6.45, 7) is 6.08. The fourth-order valence-corrected chi connectivity index (χ4v) is 5.80. The molecule has 2 bridgehead atoms. The third-order valence-corrected chi connectivity index (χ3v) is 7.41. The Morgan fingerprint density at radius 3 is 2.72 bits per heavy atom. The Kier molecular flexibility index (Phi) is 4.51. The molecule has 6 nitrogen and oxygen atoms in total. The minimum atomic E-state index is -0.891. The highest BCUT2D eigenvalue weighted by Crippen LogP contribution is 2.60. The van der Waals surface area contributed by atoms with Crippen molar-refractivity contribution in [2.45, 2.75) is 70.4 Å². The van der Waals surface area contributed by atoms with E-state index in [0.29, 0.717) is 12.3 Å². The molecule has 0 unspecified atom stereocenters. The maximum absolute atomic E-state index is 14.0. The topological polar surface area (TPSA) is 63.2 Å². The molecule has 158 valence electrons. The molecule has 4 aliphatic heterocycles. The van der Waals surface area contributed by atoms with Gasteiger partial charge in [-0.25, -0.2) is 19.0 Å². The molecular formula is C22H27FO6. The van der Waals surface area contributed by atoms with Gasteiger partial charge in [-0.05, 0) is 50.2 Å². The van der Waals surface area contributed by atoms with Crippen LogP contribution >= 0.6 is 0 Å². The smallest absolute Gasteiger partial charge is 0.343 e. The second-order valence-electron chi connectivity index (χ2n) is 9.16. The van der Waals surface area contributed by atoms with Gasteiger partial charge in [-0.2, -0.15) is 0 Å². The van der Waals surface area contributed by atoms with Gasteiger partial charge in [0.2, 0.25) is 12.1 Å². The molecule has 5 fully saturated rings. The number of carbonyl (C=O) groups is 1. The van der Waals surface area contributed by atoms with E-state index in [-0.39, 0.29) is 23.3 Å². The highest BCUT2D eigenvalue weighted by atomic mass is 19.1. The minimum Gasteiger partial charge on any atom is -0.432 e. The highest BCUT2D eigenvalue weighted by molar-refractivity contribution is 5.89. The Morgan fingerprint density at radius 2 is 1.93 bits per heavy atom. The van der Waals surface area contributed by atoms with Crippen molar-refractivity contribution in [3.05, 3.63) is 35.6 Å². The second kappa shape index (κ2) is 6.74. The van der Waals surface area contributed by atoms with Gasteiger partial charge in [-0.15, -0.1) is 0 Å². The third-order valence-electron chi connectivity index (χ3n) is 7.41. The van der Waals surface area contributed by atoms with Crippen molar-refractivity contribution >= 4 is 5.97 Å². The Hall–Kier alpha value is -1.54. The summed E-state index contributed by atoms with van der Waals surface area (Å²) in [6, 6.07) is 5.79. The van der Waals surface area contributed by atoms with Gasteiger partial charge in [-0.3, -0.25) is 0 Å². The van der Waals surface area contributed by atoms with Crippen LogP contribution in [0.3, 0.4) is 0 Å². The molecule has 0 aromatic heterocycles. The van der Waals surface area contributed by atoms with Gasteiger partial charge in [0.15, 0.2) is 11.9 Å². The lowest BCUT2D eigenvalue weighted by molar-refractivity contribution is -0.576. The Morgan fingerprint density at radius 1 is 1.14 bits per heavy atom. The van der Waals surface area contributed by atoms with Crippen LogP contribution in [0.25, 0.3) is 0 Å². The molecule has 4 heterocycles. The van der Waals surface area contributed by atoms with Gasteiger partial charge in [0.1, 0.15) is 5.82 Å². The quantitative estimate of drug-likeness (QED) is 0.542. The number of carbonyl (C=O) groups excluding carboxylic acids is 1. The van der Waals surface area contributed by atoms with E-state index >= 15 is 0 Å². The van der Waals surface area contributed by atoms with E-state index in [4.69, 9.17) is 24.0 Å². The van der Waals surface area contributed by atoms with Crippen molar-refractivity contribution < 1.29 is 33.2 Å². The van der Waals surface area contributed by atoms with Gasteiger partial charge in [0.05, 0.1) is 5.56 Å². The summed E-state index contributed by atoms with van der Waals surface area (Å²) in [5, 5.41) is 0. The zero-order valence-corrected chi connectivity index (χ0v) is 16.9. The average Bonchev–Trinajstić information content (AvgIpc) is 2.92. The summed E-state index contributed by atoms with van der Waals surface area (Å²) in [7, 11) is 0. The summed E-state index contributed by atoms with van der Waals surface area (Å²) < 4.78 is 32.1.